The molecule has 0 radical (unpaired) electrons. The number of carbonyl (C=O) groups excluding carboxylic acids is 1. The van der Waals surface area contributed by atoms with E-state index in [1.165, 1.54) is 7.11 Å². The number of hydrogen-bond donors (Lipinski definition) is 1. The third-order valence-electron chi connectivity index (χ3n) is 0.837. The minimum absolute atomic E-state index is 0. The minimum atomic E-state index is -0.234. The molecule has 0 aromatic rings. The highest BCUT2D eigenvalue weighted by atomic mass is 16.5. The van der Waals surface area contributed by atoms with Crippen LogP contribution < -0.4 is 5.32 Å². The van der Waals surface area contributed by atoms with Crippen LogP contribution in [0.4, 0.5) is 0 Å². The first-order chi connectivity index (χ1) is 5.22. The molecule has 0 rings (SSSR count). The lowest BCUT2D eigenvalue weighted by molar-refractivity contribution is -0.139. The van der Waals surface area contributed by atoms with Gasteiger partial charge in [-0.2, -0.15) is 0 Å². The van der Waals surface area contributed by atoms with E-state index in [1.54, 1.807) is 14.2 Å². The number of likely N-dealkylation sites (N-methyl/N-ethyl adjacent to an activating group) is 1. The second-order valence-corrected chi connectivity index (χ2v) is 1.68. The standard InChI is InChI=1S/C4H9NO2.C3H8O.CH4/c1-5-3-4(6)7-2;1-3-4-2;/h5H,3H2,1-2H3;3H2,1-2H3;1H4. The van der Waals surface area contributed by atoms with E-state index in [1.807, 2.05) is 6.92 Å². The Morgan fingerprint density at radius 1 is 1.42 bits per heavy atom. The van der Waals surface area contributed by atoms with Gasteiger partial charge in [0.1, 0.15) is 0 Å². The van der Waals surface area contributed by atoms with Crippen LogP contribution >= 0.6 is 0 Å². The van der Waals surface area contributed by atoms with E-state index in [4.69, 9.17) is 0 Å². The van der Waals surface area contributed by atoms with Gasteiger partial charge in [0.05, 0.1) is 13.7 Å². The molecule has 0 aliphatic carbocycles. The van der Waals surface area contributed by atoms with Gasteiger partial charge in [0.25, 0.3) is 0 Å². The number of nitrogens with one attached hydrogen (secondary N) is 1. The molecule has 0 saturated heterocycles. The molecule has 12 heavy (non-hydrogen) atoms. The van der Waals surface area contributed by atoms with Crippen LogP contribution in [0.25, 0.3) is 0 Å². The molecule has 0 amide bonds. The highest BCUT2D eigenvalue weighted by molar-refractivity contribution is 5.71. The van der Waals surface area contributed by atoms with Crippen molar-refractivity contribution in [2.24, 2.45) is 0 Å². The lowest BCUT2D eigenvalue weighted by Gasteiger charge is -1.93. The fraction of sp³-hybridized carbons (Fsp3) is 0.875. The summed E-state index contributed by atoms with van der Waals surface area (Å²) in [5.74, 6) is -0.234. The topological polar surface area (TPSA) is 47.6 Å². The van der Waals surface area contributed by atoms with Gasteiger partial charge in [-0.3, -0.25) is 4.79 Å². The second-order valence-electron chi connectivity index (χ2n) is 1.68. The average Bonchev–Trinajstić information content (AvgIpc) is 2.05. The van der Waals surface area contributed by atoms with Gasteiger partial charge in [0, 0.05) is 13.7 Å². The SMILES string of the molecule is C.CCOC.CNCC(=O)OC. The average molecular weight is 179 g/mol. The Hall–Kier alpha value is -0.610. The van der Waals surface area contributed by atoms with Crippen molar-refractivity contribution in [1.82, 2.24) is 5.32 Å². The van der Waals surface area contributed by atoms with Crippen molar-refractivity contribution in [1.29, 1.82) is 0 Å². The molecule has 0 aliphatic heterocycles. The quantitative estimate of drug-likeness (QED) is 0.647. The van der Waals surface area contributed by atoms with Crippen LogP contribution in [0.5, 0.6) is 0 Å². The summed E-state index contributed by atoms with van der Waals surface area (Å²) in [7, 11) is 4.73. The fourth-order valence-corrected chi connectivity index (χ4v) is 0.217. The van der Waals surface area contributed by atoms with Crippen molar-refractivity contribution in [3.8, 4) is 0 Å². The van der Waals surface area contributed by atoms with Crippen LogP contribution in [0.2, 0.25) is 0 Å². The summed E-state index contributed by atoms with van der Waals surface area (Å²) in [5, 5.41) is 2.64. The van der Waals surface area contributed by atoms with E-state index in [2.05, 4.69) is 14.8 Å². The number of ether oxygens (including phenoxy) is 2. The van der Waals surface area contributed by atoms with Crippen LogP contribution in [-0.4, -0.2) is 40.4 Å². The summed E-state index contributed by atoms with van der Waals surface area (Å²) in [6.07, 6.45) is 0. The molecule has 0 atom stereocenters. The first kappa shape index (κ1) is 17.5. The van der Waals surface area contributed by atoms with E-state index in [0.717, 1.165) is 6.61 Å². The first-order valence-electron chi connectivity index (χ1n) is 3.43. The summed E-state index contributed by atoms with van der Waals surface area (Å²) in [4.78, 5) is 10.1. The molecular weight excluding hydrogens is 158 g/mol. The van der Waals surface area contributed by atoms with Gasteiger partial charge >= 0.3 is 5.97 Å². The largest absolute Gasteiger partial charge is 0.468 e. The van der Waals surface area contributed by atoms with E-state index in [-0.39, 0.29) is 19.9 Å². The van der Waals surface area contributed by atoms with Gasteiger partial charge in [-0.15, -0.1) is 0 Å². The lowest BCUT2D eigenvalue weighted by Crippen LogP contribution is -2.19. The summed E-state index contributed by atoms with van der Waals surface area (Å²) in [5.41, 5.74) is 0. The van der Waals surface area contributed by atoms with Gasteiger partial charge in [0.15, 0.2) is 0 Å². The van der Waals surface area contributed by atoms with Gasteiger partial charge in [0.2, 0.25) is 0 Å². The monoisotopic (exact) mass is 179 g/mol. The van der Waals surface area contributed by atoms with Crippen molar-refractivity contribution in [2.75, 3.05) is 34.4 Å². The van der Waals surface area contributed by atoms with E-state index >= 15 is 0 Å². The van der Waals surface area contributed by atoms with Crippen molar-refractivity contribution in [3.63, 3.8) is 0 Å². The number of esters is 1. The molecule has 0 fully saturated rings. The van der Waals surface area contributed by atoms with Crippen LogP contribution in [0.3, 0.4) is 0 Å². The predicted molar refractivity (Wildman–Crippen MR) is 50.2 cm³/mol. The van der Waals surface area contributed by atoms with Gasteiger partial charge in [-0.05, 0) is 14.0 Å². The van der Waals surface area contributed by atoms with E-state index < -0.39 is 0 Å². The van der Waals surface area contributed by atoms with E-state index in [0.29, 0.717) is 0 Å². The summed E-state index contributed by atoms with van der Waals surface area (Å²) in [6, 6.07) is 0. The first-order valence-corrected chi connectivity index (χ1v) is 3.43. The molecule has 0 aliphatic rings. The Kier molecular flexibility index (Phi) is 24.4. The zero-order valence-electron chi connectivity index (χ0n) is 7.64. The highest BCUT2D eigenvalue weighted by Crippen LogP contribution is 1.64. The minimum Gasteiger partial charge on any atom is -0.468 e. The third-order valence-corrected chi connectivity index (χ3v) is 0.837. The van der Waals surface area contributed by atoms with Crippen LogP contribution in [0.1, 0.15) is 14.4 Å². The zero-order chi connectivity index (χ0) is 9.11. The number of rotatable bonds is 3. The molecule has 76 valence electrons. The Labute approximate surface area is 75.2 Å². The van der Waals surface area contributed by atoms with Crippen molar-refractivity contribution in [3.05, 3.63) is 0 Å². The summed E-state index contributed by atoms with van der Waals surface area (Å²) >= 11 is 0. The molecule has 0 saturated carbocycles. The van der Waals surface area contributed by atoms with E-state index in [9.17, 15) is 4.79 Å². The van der Waals surface area contributed by atoms with Gasteiger partial charge in [-0.25, -0.2) is 0 Å². The number of methoxy groups -OCH3 is 2. The second kappa shape index (κ2) is 16.8. The molecule has 0 heterocycles. The molecule has 0 aromatic carbocycles. The molecule has 1 N–H and O–H groups in total. The molecule has 0 aromatic heterocycles. The molecule has 4 nitrogen and oxygen atoms in total. The number of hydrogen-bond acceptors (Lipinski definition) is 4. The van der Waals surface area contributed by atoms with Gasteiger partial charge < -0.3 is 14.8 Å². The Bertz CT molecular complexity index is 84.4. The molecule has 0 spiro atoms. The normalized spacial score (nSPS) is 7.33. The predicted octanol–water partition coefficient (Wildman–Crippen LogP) is 0.668. The summed E-state index contributed by atoms with van der Waals surface area (Å²) in [6.45, 7) is 3.07. The maximum Gasteiger partial charge on any atom is 0.319 e. The Morgan fingerprint density at radius 2 is 1.83 bits per heavy atom. The van der Waals surface area contributed by atoms with Crippen LogP contribution in [0, 0.1) is 0 Å². The fourth-order valence-electron chi connectivity index (χ4n) is 0.217. The van der Waals surface area contributed by atoms with Crippen molar-refractivity contribution < 1.29 is 14.3 Å². The van der Waals surface area contributed by atoms with Gasteiger partial charge in [-0.1, -0.05) is 7.43 Å². The lowest BCUT2D eigenvalue weighted by atomic mass is 10.7. The Morgan fingerprint density at radius 3 is 1.92 bits per heavy atom. The van der Waals surface area contributed by atoms with Crippen LogP contribution in [0.15, 0.2) is 0 Å². The maximum absolute atomic E-state index is 10.1. The third kappa shape index (κ3) is 22.8. The Balaban J connectivity index is -0.000000142. The molecular formula is C8H21NO3. The summed E-state index contributed by atoms with van der Waals surface area (Å²) < 4.78 is 8.83. The smallest absolute Gasteiger partial charge is 0.319 e. The van der Waals surface area contributed by atoms with Crippen molar-refractivity contribution in [2.45, 2.75) is 14.4 Å². The van der Waals surface area contributed by atoms with Crippen LogP contribution in [-0.2, 0) is 14.3 Å². The molecule has 0 bridgehead atoms. The van der Waals surface area contributed by atoms with Crippen molar-refractivity contribution >= 4 is 5.97 Å². The maximum atomic E-state index is 10.1. The molecule has 0 unspecified atom stereocenters. The molecule has 4 heteroatoms. The highest BCUT2D eigenvalue weighted by Gasteiger charge is 1.91. The number of carbonyl (C=O) groups is 1. The zero-order valence-corrected chi connectivity index (χ0v) is 7.64.